The number of aromatic amines is 1. The number of methoxy groups -OCH3 is 1. The highest BCUT2D eigenvalue weighted by Crippen LogP contribution is 2.32. The molecule has 0 saturated heterocycles. The summed E-state index contributed by atoms with van der Waals surface area (Å²) in [6.45, 7) is 1.88. The Bertz CT molecular complexity index is 531. The predicted octanol–water partition coefficient (Wildman–Crippen LogP) is 3.06. The number of rotatable bonds is 2. The number of H-pyrrole nitrogens is 1. The lowest BCUT2D eigenvalue weighted by Crippen LogP contribution is -1.85. The molecule has 0 amide bonds. The number of aldehydes is 1. The van der Waals surface area contributed by atoms with Crippen LogP contribution in [-0.4, -0.2) is 18.4 Å². The summed E-state index contributed by atoms with van der Waals surface area (Å²) < 4.78 is 6.06. The molecule has 0 atom stereocenters. The molecule has 15 heavy (non-hydrogen) atoms. The van der Waals surface area contributed by atoms with Crippen molar-refractivity contribution >= 4 is 33.1 Å². The van der Waals surface area contributed by atoms with Gasteiger partial charge in [0.25, 0.3) is 0 Å². The standard InChI is InChI=1S/C11H10BrNO2/c1-6-8(5-14)7-3-11(15-2)9(12)4-10(7)13-6/h3-5,13H,1-2H3. The Morgan fingerprint density at radius 2 is 2.20 bits per heavy atom. The van der Waals surface area contributed by atoms with Crippen molar-refractivity contribution < 1.29 is 9.53 Å². The van der Waals surface area contributed by atoms with E-state index in [-0.39, 0.29) is 0 Å². The highest BCUT2D eigenvalue weighted by Gasteiger charge is 2.10. The van der Waals surface area contributed by atoms with E-state index in [9.17, 15) is 4.79 Å². The topological polar surface area (TPSA) is 42.1 Å². The van der Waals surface area contributed by atoms with E-state index < -0.39 is 0 Å². The van der Waals surface area contributed by atoms with E-state index in [0.29, 0.717) is 5.56 Å². The van der Waals surface area contributed by atoms with E-state index >= 15 is 0 Å². The molecule has 1 N–H and O–H groups in total. The van der Waals surface area contributed by atoms with Crippen LogP contribution in [0.5, 0.6) is 5.75 Å². The first-order valence-corrected chi connectivity index (χ1v) is 5.27. The van der Waals surface area contributed by atoms with Gasteiger partial charge in [-0.25, -0.2) is 0 Å². The molecule has 0 unspecified atom stereocenters. The predicted molar refractivity (Wildman–Crippen MR) is 62.7 cm³/mol. The van der Waals surface area contributed by atoms with E-state index in [1.807, 2.05) is 19.1 Å². The Hall–Kier alpha value is -1.29. The largest absolute Gasteiger partial charge is 0.496 e. The van der Waals surface area contributed by atoms with Gasteiger partial charge in [0.15, 0.2) is 6.29 Å². The van der Waals surface area contributed by atoms with Crippen LogP contribution in [0.4, 0.5) is 0 Å². The van der Waals surface area contributed by atoms with Gasteiger partial charge in [-0.15, -0.1) is 0 Å². The number of fused-ring (bicyclic) bond motifs is 1. The Kier molecular flexibility index (Phi) is 2.52. The van der Waals surface area contributed by atoms with E-state index in [1.165, 1.54) is 0 Å². The molecule has 0 bridgehead atoms. The summed E-state index contributed by atoms with van der Waals surface area (Å²) in [6, 6.07) is 3.76. The van der Waals surface area contributed by atoms with Crippen LogP contribution in [-0.2, 0) is 0 Å². The van der Waals surface area contributed by atoms with Gasteiger partial charge in [-0.05, 0) is 35.0 Å². The van der Waals surface area contributed by atoms with Crippen molar-refractivity contribution in [1.82, 2.24) is 4.98 Å². The van der Waals surface area contributed by atoms with Gasteiger partial charge in [0.05, 0.1) is 11.6 Å². The molecule has 0 aliphatic heterocycles. The van der Waals surface area contributed by atoms with Crippen LogP contribution >= 0.6 is 15.9 Å². The summed E-state index contributed by atoms with van der Waals surface area (Å²) in [7, 11) is 1.60. The molecule has 0 spiro atoms. The molecular formula is C11H10BrNO2. The Labute approximate surface area is 95.6 Å². The number of aromatic nitrogens is 1. The number of benzene rings is 1. The molecule has 4 heteroatoms. The molecule has 1 aromatic carbocycles. The maximum Gasteiger partial charge on any atom is 0.152 e. The number of hydrogen-bond donors (Lipinski definition) is 1. The Morgan fingerprint density at radius 3 is 2.80 bits per heavy atom. The summed E-state index contributed by atoms with van der Waals surface area (Å²) in [6.07, 6.45) is 0.863. The SMILES string of the molecule is COc1cc2c(C=O)c(C)[nH]c2cc1Br. The average Bonchev–Trinajstić information content (AvgIpc) is 2.51. The number of nitrogens with one attached hydrogen (secondary N) is 1. The third kappa shape index (κ3) is 1.55. The number of carbonyl (C=O) groups excluding carboxylic acids is 1. The number of ether oxygens (including phenoxy) is 1. The maximum absolute atomic E-state index is 10.9. The summed E-state index contributed by atoms with van der Waals surface area (Å²) in [5, 5.41) is 0.891. The van der Waals surface area contributed by atoms with Crippen molar-refractivity contribution in [2.45, 2.75) is 6.92 Å². The lowest BCUT2D eigenvalue weighted by molar-refractivity contribution is 0.112. The summed E-state index contributed by atoms with van der Waals surface area (Å²) in [5.41, 5.74) is 2.50. The van der Waals surface area contributed by atoms with Gasteiger partial charge >= 0.3 is 0 Å². The zero-order valence-corrected chi connectivity index (χ0v) is 10.0. The van der Waals surface area contributed by atoms with Crippen LogP contribution in [0.1, 0.15) is 16.1 Å². The molecule has 2 aromatic rings. The Balaban J connectivity index is 2.82. The molecule has 1 aromatic heterocycles. The molecule has 3 nitrogen and oxygen atoms in total. The van der Waals surface area contributed by atoms with E-state index in [1.54, 1.807) is 7.11 Å². The van der Waals surface area contributed by atoms with Gasteiger partial charge in [-0.3, -0.25) is 4.79 Å². The van der Waals surface area contributed by atoms with Gasteiger partial charge in [0.1, 0.15) is 5.75 Å². The quantitative estimate of drug-likeness (QED) is 0.850. The smallest absolute Gasteiger partial charge is 0.152 e. The average molecular weight is 268 g/mol. The molecule has 0 aliphatic rings. The van der Waals surface area contributed by atoms with Crippen molar-refractivity contribution in [1.29, 1.82) is 0 Å². The highest BCUT2D eigenvalue weighted by atomic mass is 79.9. The van der Waals surface area contributed by atoms with Crippen LogP contribution in [0.25, 0.3) is 10.9 Å². The lowest BCUT2D eigenvalue weighted by atomic mass is 10.1. The summed E-state index contributed by atoms with van der Waals surface area (Å²) in [5.74, 6) is 0.726. The normalized spacial score (nSPS) is 10.6. The van der Waals surface area contributed by atoms with Gasteiger partial charge in [0.2, 0.25) is 0 Å². The first kappa shape index (κ1) is 10.2. The zero-order valence-electron chi connectivity index (χ0n) is 8.43. The second-order valence-corrected chi connectivity index (χ2v) is 4.17. The van der Waals surface area contributed by atoms with Crippen molar-refractivity contribution in [3.05, 3.63) is 27.9 Å². The monoisotopic (exact) mass is 267 g/mol. The van der Waals surface area contributed by atoms with Crippen LogP contribution in [0.2, 0.25) is 0 Å². The molecule has 0 fully saturated rings. The third-order valence-corrected chi connectivity index (χ3v) is 3.05. The minimum atomic E-state index is 0.691. The lowest BCUT2D eigenvalue weighted by Gasteiger charge is -2.02. The molecule has 0 saturated carbocycles. The number of carbonyl (C=O) groups is 1. The molecule has 1 heterocycles. The van der Waals surface area contributed by atoms with Crippen molar-refractivity contribution in [2.24, 2.45) is 0 Å². The summed E-state index contributed by atoms with van der Waals surface area (Å²) >= 11 is 3.40. The molecule has 2 rings (SSSR count). The second kappa shape index (κ2) is 3.70. The fourth-order valence-electron chi connectivity index (χ4n) is 1.66. The fraction of sp³-hybridized carbons (Fsp3) is 0.182. The van der Waals surface area contributed by atoms with Crippen molar-refractivity contribution in [3.63, 3.8) is 0 Å². The molecular weight excluding hydrogens is 258 g/mol. The number of halogens is 1. The number of aryl methyl sites for hydroxylation is 1. The van der Waals surface area contributed by atoms with Crippen LogP contribution in [0.15, 0.2) is 16.6 Å². The van der Waals surface area contributed by atoms with Crippen molar-refractivity contribution in [3.8, 4) is 5.75 Å². The number of hydrogen-bond acceptors (Lipinski definition) is 2. The van der Waals surface area contributed by atoms with Gasteiger partial charge in [-0.1, -0.05) is 0 Å². The van der Waals surface area contributed by atoms with Gasteiger partial charge in [-0.2, -0.15) is 0 Å². The highest BCUT2D eigenvalue weighted by molar-refractivity contribution is 9.10. The Morgan fingerprint density at radius 1 is 1.47 bits per heavy atom. The fourth-order valence-corrected chi connectivity index (χ4v) is 2.16. The van der Waals surface area contributed by atoms with Crippen LogP contribution in [0.3, 0.4) is 0 Å². The molecule has 0 aliphatic carbocycles. The van der Waals surface area contributed by atoms with Crippen LogP contribution in [0, 0.1) is 6.92 Å². The second-order valence-electron chi connectivity index (χ2n) is 3.31. The van der Waals surface area contributed by atoms with Crippen LogP contribution < -0.4 is 4.74 Å². The first-order valence-electron chi connectivity index (χ1n) is 4.48. The van der Waals surface area contributed by atoms with Crippen molar-refractivity contribution in [2.75, 3.05) is 7.11 Å². The van der Waals surface area contributed by atoms with E-state index in [0.717, 1.165) is 33.1 Å². The summed E-state index contributed by atoms with van der Waals surface area (Å²) in [4.78, 5) is 14.1. The first-order chi connectivity index (χ1) is 7.17. The van der Waals surface area contributed by atoms with E-state index in [4.69, 9.17) is 4.74 Å². The minimum Gasteiger partial charge on any atom is -0.496 e. The third-order valence-electron chi connectivity index (χ3n) is 2.43. The van der Waals surface area contributed by atoms with Gasteiger partial charge < -0.3 is 9.72 Å². The van der Waals surface area contributed by atoms with Gasteiger partial charge in [0, 0.05) is 22.2 Å². The zero-order chi connectivity index (χ0) is 11.0. The van der Waals surface area contributed by atoms with E-state index in [2.05, 4.69) is 20.9 Å². The molecule has 78 valence electrons. The minimum absolute atomic E-state index is 0.691. The molecule has 0 radical (unpaired) electrons. The maximum atomic E-state index is 10.9.